The Labute approximate surface area is 99.9 Å². The maximum Gasteiger partial charge on any atom is 0.177 e. The van der Waals surface area contributed by atoms with Crippen LogP contribution < -0.4 is 0 Å². The molecule has 15 heavy (non-hydrogen) atoms. The monoisotopic (exact) mass is 243 g/mol. The van der Waals surface area contributed by atoms with Crippen molar-refractivity contribution in [2.75, 3.05) is 31.1 Å². The summed E-state index contributed by atoms with van der Waals surface area (Å²) in [6.45, 7) is 6.67. The Hall–Kier alpha value is -0.260. The Bertz CT molecular complexity index is 363. The van der Waals surface area contributed by atoms with E-state index in [-0.39, 0.29) is 0 Å². The predicted octanol–water partition coefficient (Wildman–Crippen LogP) is 1.90. The maximum absolute atomic E-state index is 5.22. The maximum atomic E-state index is 5.22. The first kappa shape index (κ1) is 11.2. The van der Waals surface area contributed by atoms with Crippen LogP contribution in [0.1, 0.15) is 5.69 Å². The number of aryl methyl sites for hydroxylation is 1. The summed E-state index contributed by atoms with van der Waals surface area (Å²) in [5.41, 5.74) is 1.23. The average Bonchev–Trinajstić information content (AvgIpc) is 2.58. The third kappa shape index (κ3) is 2.86. The number of imidazole rings is 1. The fourth-order valence-corrected chi connectivity index (χ4v) is 3.10. The molecule has 0 unspecified atom stereocenters. The van der Waals surface area contributed by atoms with E-state index in [4.69, 9.17) is 12.2 Å². The minimum absolute atomic E-state index is 0.846. The zero-order valence-electron chi connectivity index (χ0n) is 9.03. The average molecular weight is 243 g/mol. The van der Waals surface area contributed by atoms with Gasteiger partial charge < -0.3 is 9.55 Å². The second kappa shape index (κ2) is 5.18. The highest BCUT2D eigenvalue weighted by Crippen LogP contribution is 2.09. The van der Waals surface area contributed by atoms with Crippen molar-refractivity contribution in [2.45, 2.75) is 13.5 Å². The molecule has 1 aliphatic rings. The third-order valence-electron chi connectivity index (χ3n) is 2.82. The number of aromatic amines is 1. The summed E-state index contributed by atoms with van der Waals surface area (Å²) in [6, 6.07) is 0. The van der Waals surface area contributed by atoms with Gasteiger partial charge >= 0.3 is 0 Å². The van der Waals surface area contributed by atoms with E-state index < -0.39 is 0 Å². The lowest BCUT2D eigenvalue weighted by atomic mass is 10.4. The summed E-state index contributed by atoms with van der Waals surface area (Å²) in [5, 5.41) is 0. The van der Waals surface area contributed by atoms with Crippen LogP contribution in [-0.2, 0) is 6.54 Å². The number of thioether (sulfide) groups is 1. The van der Waals surface area contributed by atoms with Gasteiger partial charge in [0.15, 0.2) is 4.77 Å². The second-order valence-corrected chi connectivity index (χ2v) is 5.45. The third-order valence-corrected chi connectivity index (χ3v) is 4.10. The molecule has 0 atom stereocenters. The molecule has 0 aliphatic carbocycles. The number of nitrogens with one attached hydrogen (secondary N) is 1. The Morgan fingerprint density at radius 3 is 2.73 bits per heavy atom. The first-order chi connectivity index (χ1) is 7.27. The van der Waals surface area contributed by atoms with Gasteiger partial charge in [-0.3, -0.25) is 4.90 Å². The van der Waals surface area contributed by atoms with E-state index >= 15 is 0 Å². The number of hydrogen-bond acceptors (Lipinski definition) is 3. The summed E-state index contributed by atoms with van der Waals surface area (Å²) >= 11 is 7.28. The first-order valence-electron chi connectivity index (χ1n) is 5.32. The number of nitrogens with zero attached hydrogens (tertiary/aromatic N) is 2. The summed E-state index contributed by atoms with van der Waals surface area (Å²) < 4.78 is 3.02. The number of hydrogen-bond donors (Lipinski definition) is 1. The van der Waals surface area contributed by atoms with Crippen LogP contribution in [0.25, 0.3) is 0 Å². The Balaban J connectivity index is 1.89. The van der Waals surface area contributed by atoms with Crippen LogP contribution >= 0.6 is 24.0 Å². The van der Waals surface area contributed by atoms with Gasteiger partial charge in [-0.15, -0.1) is 0 Å². The molecule has 2 heterocycles. The molecule has 0 aromatic carbocycles. The Morgan fingerprint density at radius 2 is 2.13 bits per heavy atom. The zero-order valence-corrected chi connectivity index (χ0v) is 10.7. The van der Waals surface area contributed by atoms with Crippen molar-refractivity contribution in [3.8, 4) is 0 Å². The molecule has 84 valence electrons. The molecule has 1 saturated heterocycles. The molecular weight excluding hydrogens is 226 g/mol. The lowest BCUT2D eigenvalue weighted by Gasteiger charge is -2.26. The van der Waals surface area contributed by atoms with Crippen molar-refractivity contribution in [3.05, 3.63) is 16.7 Å². The summed E-state index contributed by atoms with van der Waals surface area (Å²) in [5.74, 6) is 2.55. The topological polar surface area (TPSA) is 24.0 Å². The molecule has 3 nitrogen and oxygen atoms in total. The van der Waals surface area contributed by atoms with Crippen molar-refractivity contribution in [1.82, 2.24) is 14.5 Å². The highest BCUT2D eigenvalue weighted by atomic mass is 32.2. The zero-order chi connectivity index (χ0) is 10.7. The van der Waals surface area contributed by atoms with Gasteiger partial charge in [-0.05, 0) is 19.1 Å². The SMILES string of the molecule is Cc1c[nH]c(=S)n1CCN1CCSCC1. The lowest BCUT2D eigenvalue weighted by Crippen LogP contribution is -2.35. The molecule has 0 spiro atoms. The molecule has 1 aromatic rings. The van der Waals surface area contributed by atoms with Crippen LogP contribution in [-0.4, -0.2) is 45.6 Å². The minimum Gasteiger partial charge on any atom is -0.337 e. The summed E-state index contributed by atoms with van der Waals surface area (Å²) in [6.07, 6.45) is 1.98. The van der Waals surface area contributed by atoms with Crippen molar-refractivity contribution < 1.29 is 0 Å². The molecule has 2 rings (SSSR count). The molecule has 1 aliphatic heterocycles. The van der Waals surface area contributed by atoms with Gasteiger partial charge in [0, 0.05) is 49.6 Å². The molecule has 0 bridgehead atoms. The summed E-state index contributed by atoms with van der Waals surface area (Å²) in [4.78, 5) is 5.60. The Morgan fingerprint density at radius 1 is 1.40 bits per heavy atom. The normalized spacial score (nSPS) is 18.2. The molecule has 0 saturated carbocycles. The van der Waals surface area contributed by atoms with Gasteiger partial charge in [0.25, 0.3) is 0 Å². The largest absolute Gasteiger partial charge is 0.337 e. The van der Waals surface area contributed by atoms with E-state index in [0.717, 1.165) is 17.9 Å². The van der Waals surface area contributed by atoms with Gasteiger partial charge in [0.1, 0.15) is 0 Å². The number of aromatic nitrogens is 2. The van der Waals surface area contributed by atoms with Crippen molar-refractivity contribution in [2.24, 2.45) is 0 Å². The molecule has 5 heteroatoms. The van der Waals surface area contributed by atoms with E-state index in [1.807, 2.05) is 6.20 Å². The highest BCUT2D eigenvalue weighted by Gasteiger charge is 2.10. The van der Waals surface area contributed by atoms with Crippen LogP contribution in [0.4, 0.5) is 0 Å². The van der Waals surface area contributed by atoms with Crippen molar-refractivity contribution in [3.63, 3.8) is 0 Å². The first-order valence-corrected chi connectivity index (χ1v) is 6.88. The lowest BCUT2D eigenvalue weighted by molar-refractivity contribution is 0.288. The molecule has 1 fully saturated rings. The minimum atomic E-state index is 0.846. The fourth-order valence-electron chi connectivity index (χ4n) is 1.83. The van der Waals surface area contributed by atoms with E-state index in [2.05, 4.69) is 33.1 Å². The predicted molar refractivity (Wildman–Crippen MR) is 68.1 cm³/mol. The van der Waals surface area contributed by atoms with Gasteiger partial charge in [0.05, 0.1) is 0 Å². The van der Waals surface area contributed by atoms with Crippen molar-refractivity contribution in [1.29, 1.82) is 0 Å². The Kier molecular flexibility index (Phi) is 3.88. The van der Waals surface area contributed by atoms with E-state index in [9.17, 15) is 0 Å². The van der Waals surface area contributed by atoms with E-state index in [1.54, 1.807) is 0 Å². The van der Waals surface area contributed by atoms with Gasteiger partial charge in [-0.25, -0.2) is 0 Å². The molecule has 0 amide bonds. The molecule has 1 aromatic heterocycles. The molecule has 0 radical (unpaired) electrons. The smallest absolute Gasteiger partial charge is 0.177 e. The number of rotatable bonds is 3. The highest BCUT2D eigenvalue weighted by molar-refractivity contribution is 7.99. The summed E-state index contributed by atoms with van der Waals surface area (Å²) in [7, 11) is 0. The van der Waals surface area contributed by atoms with Gasteiger partial charge in [0.2, 0.25) is 0 Å². The fraction of sp³-hybridized carbons (Fsp3) is 0.700. The second-order valence-electron chi connectivity index (χ2n) is 3.84. The van der Waals surface area contributed by atoms with Gasteiger partial charge in [-0.2, -0.15) is 11.8 Å². The van der Waals surface area contributed by atoms with Crippen LogP contribution in [0.5, 0.6) is 0 Å². The molecule has 1 N–H and O–H groups in total. The standard InChI is InChI=1S/C10H17N3S2/c1-9-8-11-10(14)13(9)3-2-12-4-6-15-7-5-12/h8H,2-7H2,1H3,(H,11,14). The van der Waals surface area contributed by atoms with E-state index in [1.165, 1.54) is 30.3 Å². The van der Waals surface area contributed by atoms with Crippen LogP contribution in [0, 0.1) is 11.7 Å². The van der Waals surface area contributed by atoms with Crippen LogP contribution in [0.15, 0.2) is 6.20 Å². The van der Waals surface area contributed by atoms with Crippen LogP contribution in [0.3, 0.4) is 0 Å². The van der Waals surface area contributed by atoms with E-state index in [0.29, 0.717) is 0 Å². The molecular formula is C10H17N3S2. The van der Waals surface area contributed by atoms with Crippen LogP contribution in [0.2, 0.25) is 0 Å². The van der Waals surface area contributed by atoms with Crippen molar-refractivity contribution >= 4 is 24.0 Å². The van der Waals surface area contributed by atoms with Gasteiger partial charge in [-0.1, -0.05) is 0 Å². The quantitative estimate of drug-likeness (QED) is 0.821. The number of H-pyrrole nitrogens is 1.